The van der Waals surface area contributed by atoms with E-state index in [1.807, 2.05) is 19.1 Å². The first kappa shape index (κ1) is 14.5. The molecule has 7 heteroatoms. The van der Waals surface area contributed by atoms with E-state index in [1.54, 1.807) is 35.0 Å². The zero-order valence-corrected chi connectivity index (χ0v) is 12.9. The fourth-order valence-corrected chi connectivity index (χ4v) is 3.70. The van der Waals surface area contributed by atoms with E-state index in [2.05, 4.69) is 10.1 Å². The molecule has 0 amide bonds. The number of pyridine rings is 1. The van der Waals surface area contributed by atoms with Crippen LogP contribution in [0.25, 0.3) is 16.8 Å². The summed E-state index contributed by atoms with van der Waals surface area (Å²) in [6.07, 6.45) is 2.37. The number of nitrogens with zero attached hydrogens (tertiary/aromatic N) is 3. The second-order valence-electron chi connectivity index (χ2n) is 5.00. The van der Waals surface area contributed by atoms with E-state index >= 15 is 0 Å². The Kier molecular flexibility index (Phi) is 3.58. The monoisotopic (exact) mass is 316 g/mol. The number of benzene rings is 1. The smallest absolute Gasteiger partial charge is 0.240 e. The van der Waals surface area contributed by atoms with E-state index in [1.165, 1.54) is 0 Å². The number of hydrogen-bond acceptors (Lipinski definition) is 5. The second kappa shape index (κ2) is 5.42. The molecule has 22 heavy (non-hydrogen) atoms. The van der Waals surface area contributed by atoms with Crippen LogP contribution >= 0.6 is 0 Å². The first-order valence-electron chi connectivity index (χ1n) is 6.95. The largest absolute Gasteiger partial charge is 0.366 e. The van der Waals surface area contributed by atoms with Crippen LogP contribution in [0.5, 0.6) is 0 Å². The van der Waals surface area contributed by atoms with Gasteiger partial charge in [0.15, 0.2) is 15.5 Å². The minimum absolute atomic E-state index is 0.155. The van der Waals surface area contributed by atoms with Crippen LogP contribution in [0.2, 0.25) is 0 Å². The molecule has 3 aromatic rings. The molecule has 0 atom stereocenters. The van der Waals surface area contributed by atoms with Crippen LogP contribution in [0.15, 0.2) is 47.5 Å². The number of nitrogens with two attached hydrogens (primary N) is 1. The van der Waals surface area contributed by atoms with Crippen LogP contribution < -0.4 is 5.73 Å². The number of rotatable bonds is 4. The standard InChI is InChI=1S/C15H16N4O2S/c1-2-10-22(20,21)12-7-5-11(6-8-12)13-4-3-9-19-14(13)17-15(16)18-19/h3-9H,2,10H2,1H3,(H2,16,18). The van der Waals surface area contributed by atoms with Crippen LogP contribution in [0.1, 0.15) is 13.3 Å². The van der Waals surface area contributed by atoms with E-state index in [0.717, 1.165) is 11.1 Å². The first-order valence-corrected chi connectivity index (χ1v) is 8.60. The molecule has 6 nitrogen and oxygen atoms in total. The quantitative estimate of drug-likeness (QED) is 0.796. The summed E-state index contributed by atoms with van der Waals surface area (Å²) in [5.41, 5.74) is 7.99. The van der Waals surface area contributed by atoms with Gasteiger partial charge in [-0.05, 0) is 36.2 Å². The van der Waals surface area contributed by atoms with Crippen LogP contribution in [-0.2, 0) is 9.84 Å². The summed E-state index contributed by atoms with van der Waals surface area (Å²) < 4.78 is 25.7. The molecule has 0 saturated heterocycles. The van der Waals surface area contributed by atoms with Gasteiger partial charge in [0.25, 0.3) is 0 Å². The van der Waals surface area contributed by atoms with Crippen molar-refractivity contribution in [3.8, 4) is 11.1 Å². The van der Waals surface area contributed by atoms with Crippen molar-refractivity contribution in [3.63, 3.8) is 0 Å². The van der Waals surface area contributed by atoms with Gasteiger partial charge in [0, 0.05) is 11.8 Å². The predicted octanol–water partition coefficient (Wildman–Crippen LogP) is 2.16. The summed E-state index contributed by atoms with van der Waals surface area (Å²) in [7, 11) is -3.20. The Morgan fingerprint density at radius 3 is 2.59 bits per heavy atom. The third-order valence-electron chi connectivity index (χ3n) is 3.38. The highest BCUT2D eigenvalue weighted by molar-refractivity contribution is 7.91. The Balaban J connectivity index is 2.05. The van der Waals surface area contributed by atoms with Crippen molar-refractivity contribution in [2.75, 3.05) is 11.5 Å². The summed E-state index contributed by atoms with van der Waals surface area (Å²) in [6, 6.07) is 10.6. The second-order valence-corrected chi connectivity index (χ2v) is 7.11. The lowest BCUT2D eigenvalue weighted by atomic mass is 10.1. The zero-order valence-electron chi connectivity index (χ0n) is 12.1. The summed E-state index contributed by atoms with van der Waals surface area (Å²) in [6.45, 7) is 1.85. The molecule has 3 rings (SSSR count). The molecule has 0 spiro atoms. The molecular weight excluding hydrogens is 300 g/mol. The molecule has 0 unspecified atom stereocenters. The topological polar surface area (TPSA) is 90.3 Å². The van der Waals surface area contributed by atoms with Gasteiger partial charge in [0.1, 0.15) is 0 Å². The zero-order chi connectivity index (χ0) is 15.7. The van der Waals surface area contributed by atoms with Crippen LogP contribution in [0.3, 0.4) is 0 Å². The molecule has 0 aliphatic heterocycles. The molecule has 0 radical (unpaired) electrons. The Hall–Kier alpha value is -2.41. The lowest BCUT2D eigenvalue weighted by molar-refractivity contribution is 0.595. The molecule has 0 saturated carbocycles. The number of nitrogen functional groups attached to an aromatic ring is 1. The molecule has 1 aromatic carbocycles. The maximum absolute atomic E-state index is 12.1. The van der Waals surface area contributed by atoms with Crippen molar-refractivity contribution in [1.29, 1.82) is 0 Å². The van der Waals surface area contributed by atoms with Gasteiger partial charge in [-0.25, -0.2) is 12.9 Å². The molecule has 2 heterocycles. The molecule has 114 valence electrons. The fourth-order valence-electron chi connectivity index (χ4n) is 2.38. The van der Waals surface area contributed by atoms with Crippen LogP contribution in [0.4, 0.5) is 5.95 Å². The molecule has 0 bridgehead atoms. The van der Waals surface area contributed by atoms with Gasteiger partial charge >= 0.3 is 0 Å². The van der Waals surface area contributed by atoms with Gasteiger partial charge in [-0.2, -0.15) is 4.98 Å². The molecule has 0 fully saturated rings. The van der Waals surface area contributed by atoms with Crippen molar-refractivity contribution in [2.45, 2.75) is 18.2 Å². The van der Waals surface area contributed by atoms with Gasteiger partial charge in [-0.3, -0.25) is 0 Å². The van der Waals surface area contributed by atoms with Gasteiger partial charge in [-0.15, -0.1) is 5.10 Å². The third-order valence-corrected chi connectivity index (χ3v) is 5.31. The SMILES string of the molecule is CCCS(=O)(=O)c1ccc(-c2cccn3nc(N)nc23)cc1. The number of fused-ring (bicyclic) bond motifs is 1. The van der Waals surface area contributed by atoms with Gasteiger partial charge in [0.2, 0.25) is 5.95 Å². The van der Waals surface area contributed by atoms with Crippen molar-refractivity contribution < 1.29 is 8.42 Å². The maximum Gasteiger partial charge on any atom is 0.240 e. The lowest BCUT2D eigenvalue weighted by Gasteiger charge is -2.06. The number of anilines is 1. The van der Waals surface area contributed by atoms with Crippen molar-refractivity contribution in [3.05, 3.63) is 42.6 Å². The molecule has 0 aliphatic carbocycles. The normalized spacial score (nSPS) is 11.9. The Labute approximate surface area is 128 Å². The van der Waals surface area contributed by atoms with Gasteiger partial charge < -0.3 is 5.73 Å². The van der Waals surface area contributed by atoms with Crippen molar-refractivity contribution >= 4 is 21.4 Å². The number of hydrogen-bond donors (Lipinski definition) is 1. The average Bonchev–Trinajstić information content (AvgIpc) is 2.87. The minimum Gasteiger partial charge on any atom is -0.366 e. The highest BCUT2D eigenvalue weighted by Gasteiger charge is 2.14. The van der Waals surface area contributed by atoms with Crippen molar-refractivity contribution in [2.24, 2.45) is 0 Å². The number of aromatic nitrogens is 3. The third kappa shape index (κ3) is 2.55. The van der Waals surface area contributed by atoms with E-state index in [4.69, 9.17) is 5.73 Å². The summed E-state index contributed by atoms with van der Waals surface area (Å²) in [4.78, 5) is 4.54. The van der Waals surface area contributed by atoms with Crippen LogP contribution in [-0.4, -0.2) is 28.8 Å². The Bertz CT molecular complexity index is 914. The minimum atomic E-state index is -3.20. The van der Waals surface area contributed by atoms with E-state index in [0.29, 0.717) is 17.0 Å². The Morgan fingerprint density at radius 1 is 1.18 bits per heavy atom. The summed E-state index contributed by atoms with van der Waals surface area (Å²) in [5, 5.41) is 4.07. The maximum atomic E-state index is 12.1. The predicted molar refractivity (Wildman–Crippen MR) is 85.2 cm³/mol. The Morgan fingerprint density at radius 2 is 1.91 bits per heavy atom. The van der Waals surface area contributed by atoms with Crippen LogP contribution in [0, 0.1) is 0 Å². The molecule has 2 aromatic heterocycles. The van der Waals surface area contributed by atoms with E-state index in [9.17, 15) is 8.42 Å². The lowest BCUT2D eigenvalue weighted by Crippen LogP contribution is -2.05. The first-order chi connectivity index (χ1) is 10.5. The van der Waals surface area contributed by atoms with Gasteiger partial charge in [-0.1, -0.05) is 19.1 Å². The van der Waals surface area contributed by atoms with E-state index < -0.39 is 9.84 Å². The molecule has 0 aliphatic rings. The van der Waals surface area contributed by atoms with E-state index in [-0.39, 0.29) is 11.7 Å². The summed E-state index contributed by atoms with van der Waals surface area (Å²) >= 11 is 0. The average molecular weight is 316 g/mol. The summed E-state index contributed by atoms with van der Waals surface area (Å²) in [5.74, 6) is 0.359. The highest BCUT2D eigenvalue weighted by Crippen LogP contribution is 2.25. The van der Waals surface area contributed by atoms with Crippen molar-refractivity contribution in [1.82, 2.24) is 14.6 Å². The molecular formula is C15H16N4O2S. The number of sulfone groups is 1. The van der Waals surface area contributed by atoms with Gasteiger partial charge in [0.05, 0.1) is 10.6 Å². The fraction of sp³-hybridized carbons (Fsp3) is 0.200. The molecule has 2 N–H and O–H groups in total. The highest BCUT2D eigenvalue weighted by atomic mass is 32.2.